The third kappa shape index (κ3) is 2.87. The maximum Gasteiger partial charge on any atom is 0.137 e. The van der Waals surface area contributed by atoms with Gasteiger partial charge in [0.05, 0.1) is 10.7 Å². The fourth-order valence-corrected chi connectivity index (χ4v) is 3.36. The molecule has 3 aromatic rings. The second kappa shape index (κ2) is 5.95. The van der Waals surface area contributed by atoms with E-state index in [1.165, 1.54) is 10.4 Å². The summed E-state index contributed by atoms with van der Waals surface area (Å²) in [5, 5.41) is 6.33. The van der Waals surface area contributed by atoms with Gasteiger partial charge in [0.2, 0.25) is 0 Å². The summed E-state index contributed by atoms with van der Waals surface area (Å²) in [6, 6.07) is 6.00. The van der Waals surface area contributed by atoms with Crippen LogP contribution in [0.5, 0.6) is 0 Å². The quantitative estimate of drug-likeness (QED) is 0.774. The largest absolute Gasteiger partial charge is 0.306 e. The highest BCUT2D eigenvalue weighted by Gasteiger charge is 2.04. The molecule has 3 nitrogen and oxygen atoms in total. The lowest BCUT2D eigenvalue weighted by atomic mass is 10.2. The standard InChI is InChI=1S/C15H16ClN3S/c1-2-11-5-6-20-14(11)8-17-7-13-10-19-9-12(16)3-4-15(19)18-13/h3-6,9-10,17H,2,7-8H2,1H3. The lowest BCUT2D eigenvalue weighted by molar-refractivity contribution is 0.686. The summed E-state index contributed by atoms with van der Waals surface area (Å²) in [7, 11) is 0. The van der Waals surface area contributed by atoms with E-state index in [-0.39, 0.29) is 0 Å². The molecule has 0 atom stereocenters. The van der Waals surface area contributed by atoms with E-state index in [1.807, 2.05) is 40.3 Å². The second-order valence-corrected chi connectivity index (χ2v) is 6.11. The predicted molar refractivity (Wildman–Crippen MR) is 84.4 cm³/mol. The van der Waals surface area contributed by atoms with E-state index in [4.69, 9.17) is 11.6 Å². The highest BCUT2D eigenvalue weighted by molar-refractivity contribution is 7.10. The molecule has 104 valence electrons. The Labute approximate surface area is 127 Å². The average molecular weight is 306 g/mol. The SMILES string of the molecule is CCc1ccsc1CNCc1cn2cc(Cl)ccc2n1. The van der Waals surface area contributed by atoms with Gasteiger partial charge in [0.25, 0.3) is 0 Å². The van der Waals surface area contributed by atoms with Crippen molar-refractivity contribution in [2.75, 3.05) is 0 Å². The Hall–Kier alpha value is -1.36. The Morgan fingerprint density at radius 3 is 3.00 bits per heavy atom. The van der Waals surface area contributed by atoms with E-state index < -0.39 is 0 Å². The Morgan fingerprint density at radius 1 is 1.25 bits per heavy atom. The molecule has 1 N–H and O–H groups in total. The molecule has 0 aromatic carbocycles. The van der Waals surface area contributed by atoms with Crippen molar-refractivity contribution in [3.63, 3.8) is 0 Å². The number of nitrogens with one attached hydrogen (secondary N) is 1. The third-order valence-corrected chi connectivity index (χ3v) is 4.46. The molecular weight excluding hydrogens is 290 g/mol. The first-order chi connectivity index (χ1) is 9.76. The van der Waals surface area contributed by atoms with Gasteiger partial charge in [0.1, 0.15) is 5.65 Å². The van der Waals surface area contributed by atoms with Crippen LogP contribution in [0.25, 0.3) is 5.65 Å². The summed E-state index contributed by atoms with van der Waals surface area (Å²) in [4.78, 5) is 5.98. The maximum atomic E-state index is 5.97. The number of rotatable bonds is 5. The molecule has 0 spiro atoms. The van der Waals surface area contributed by atoms with Crippen LogP contribution in [0.1, 0.15) is 23.1 Å². The lowest BCUT2D eigenvalue weighted by Gasteiger charge is -2.02. The lowest BCUT2D eigenvalue weighted by Crippen LogP contribution is -2.12. The number of aryl methyl sites for hydroxylation is 1. The molecule has 0 saturated carbocycles. The zero-order valence-corrected chi connectivity index (χ0v) is 12.8. The smallest absolute Gasteiger partial charge is 0.137 e. The molecule has 0 bridgehead atoms. The fourth-order valence-electron chi connectivity index (χ4n) is 2.24. The van der Waals surface area contributed by atoms with Gasteiger partial charge >= 0.3 is 0 Å². The number of halogens is 1. The Balaban J connectivity index is 1.65. The van der Waals surface area contributed by atoms with Gasteiger partial charge in [0.15, 0.2) is 0 Å². The minimum atomic E-state index is 0.723. The van der Waals surface area contributed by atoms with Gasteiger partial charge in [-0.15, -0.1) is 11.3 Å². The number of hydrogen-bond acceptors (Lipinski definition) is 3. The first-order valence-corrected chi connectivity index (χ1v) is 7.91. The zero-order chi connectivity index (χ0) is 13.9. The highest BCUT2D eigenvalue weighted by Crippen LogP contribution is 2.17. The number of pyridine rings is 1. The number of imidazole rings is 1. The van der Waals surface area contributed by atoms with Crippen molar-refractivity contribution in [3.8, 4) is 0 Å². The van der Waals surface area contributed by atoms with Gasteiger partial charge in [-0.25, -0.2) is 4.98 Å². The minimum Gasteiger partial charge on any atom is -0.306 e. The molecule has 0 amide bonds. The molecule has 0 aliphatic carbocycles. The summed E-state index contributed by atoms with van der Waals surface area (Å²) in [5.74, 6) is 0. The summed E-state index contributed by atoms with van der Waals surface area (Å²) < 4.78 is 1.96. The van der Waals surface area contributed by atoms with Gasteiger partial charge in [-0.05, 0) is 35.6 Å². The summed E-state index contributed by atoms with van der Waals surface area (Å²) in [5.41, 5.74) is 3.39. The van der Waals surface area contributed by atoms with Crippen molar-refractivity contribution >= 4 is 28.6 Å². The number of aromatic nitrogens is 2. The van der Waals surface area contributed by atoms with Gasteiger partial charge in [0, 0.05) is 30.4 Å². The van der Waals surface area contributed by atoms with Crippen molar-refractivity contribution in [1.29, 1.82) is 0 Å². The van der Waals surface area contributed by atoms with Crippen LogP contribution in [-0.4, -0.2) is 9.38 Å². The van der Waals surface area contributed by atoms with Gasteiger partial charge < -0.3 is 9.72 Å². The van der Waals surface area contributed by atoms with Crippen LogP contribution in [0.15, 0.2) is 36.0 Å². The molecule has 3 aromatic heterocycles. The van der Waals surface area contributed by atoms with Gasteiger partial charge in [-0.1, -0.05) is 18.5 Å². The number of thiophene rings is 1. The average Bonchev–Trinajstić information content (AvgIpc) is 3.04. The first kappa shape index (κ1) is 13.6. The van der Waals surface area contributed by atoms with Crippen molar-refractivity contribution in [2.24, 2.45) is 0 Å². The van der Waals surface area contributed by atoms with Crippen molar-refractivity contribution in [1.82, 2.24) is 14.7 Å². The van der Waals surface area contributed by atoms with Crippen LogP contribution in [0.3, 0.4) is 0 Å². The first-order valence-electron chi connectivity index (χ1n) is 6.65. The number of hydrogen-bond donors (Lipinski definition) is 1. The van der Waals surface area contributed by atoms with Gasteiger partial charge in [-0.2, -0.15) is 0 Å². The molecule has 3 rings (SSSR count). The molecule has 0 aliphatic rings. The molecule has 0 radical (unpaired) electrons. The summed E-state index contributed by atoms with van der Waals surface area (Å²) in [6.45, 7) is 3.85. The van der Waals surface area contributed by atoms with Crippen molar-refractivity contribution < 1.29 is 0 Å². The van der Waals surface area contributed by atoms with E-state index in [9.17, 15) is 0 Å². The van der Waals surface area contributed by atoms with Crippen LogP contribution in [0, 0.1) is 0 Å². The number of fused-ring (bicyclic) bond motifs is 1. The molecule has 0 saturated heterocycles. The van der Waals surface area contributed by atoms with E-state index in [0.29, 0.717) is 0 Å². The summed E-state index contributed by atoms with van der Waals surface area (Å²) in [6.07, 6.45) is 4.98. The molecular formula is C15H16ClN3S. The van der Waals surface area contributed by atoms with E-state index in [2.05, 4.69) is 28.7 Å². The molecule has 20 heavy (non-hydrogen) atoms. The normalized spacial score (nSPS) is 11.3. The predicted octanol–water partition coefficient (Wildman–Crippen LogP) is 3.90. The maximum absolute atomic E-state index is 5.97. The zero-order valence-electron chi connectivity index (χ0n) is 11.3. The minimum absolute atomic E-state index is 0.723. The van der Waals surface area contributed by atoms with Crippen LogP contribution in [-0.2, 0) is 19.5 Å². The number of nitrogens with zero attached hydrogens (tertiary/aromatic N) is 2. The molecule has 0 unspecified atom stereocenters. The molecule has 5 heteroatoms. The third-order valence-electron chi connectivity index (χ3n) is 3.28. The van der Waals surface area contributed by atoms with Gasteiger partial charge in [-0.3, -0.25) is 0 Å². The Bertz CT molecular complexity index is 717. The van der Waals surface area contributed by atoms with Crippen LogP contribution < -0.4 is 5.32 Å². The molecule has 0 fully saturated rings. The Kier molecular flexibility index (Phi) is 4.05. The topological polar surface area (TPSA) is 29.3 Å². The van der Waals surface area contributed by atoms with E-state index in [1.54, 1.807) is 0 Å². The van der Waals surface area contributed by atoms with Crippen LogP contribution >= 0.6 is 22.9 Å². The van der Waals surface area contributed by atoms with E-state index in [0.717, 1.165) is 35.9 Å². The monoisotopic (exact) mass is 305 g/mol. The van der Waals surface area contributed by atoms with E-state index >= 15 is 0 Å². The van der Waals surface area contributed by atoms with Crippen LogP contribution in [0.2, 0.25) is 5.02 Å². The van der Waals surface area contributed by atoms with Crippen LogP contribution in [0.4, 0.5) is 0 Å². The summed E-state index contributed by atoms with van der Waals surface area (Å²) >= 11 is 7.78. The van der Waals surface area contributed by atoms with Crippen molar-refractivity contribution in [3.05, 3.63) is 57.1 Å². The second-order valence-electron chi connectivity index (χ2n) is 4.67. The Morgan fingerprint density at radius 2 is 2.15 bits per heavy atom. The fraction of sp³-hybridized carbons (Fsp3) is 0.267. The molecule has 3 heterocycles. The van der Waals surface area contributed by atoms with Crippen molar-refractivity contribution in [2.45, 2.75) is 26.4 Å². The highest BCUT2D eigenvalue weighted by atomic mass is 35.5. The molecule has 0 aliphatic heterocycles.